The van der Waals surface area contributed by atoms with Crippen molar-refractivity contribution in [1.29, 1.82) is 0 Å². The summed E-state index contributed by atoms with van der Waals surface area (Å²) in [6.45, 7) is 0. The number of hydrogen-bond acceptors (Lipinski definition) is 0. The Morgan fingerprint density at radius 2 is 0.781 bits per heavy atom. The third-order valence-corrected chi connectivity index (χ3v) is 13.9. The third-order valence-electron chi connectivity index (χ3n) is 13.9. The fourth-order valence-electron chi connectivity index (χ4n) is 11.0. The molecule has 64 heavy (non-hydrogen) atoms. The number of aromatic nitrogens is 2. The van der Waals surface area contributed by atoms with Crippen LogP contribution >= 0.6 is 0 Å². The van der Waals surface area contributed by atoms with Crippen LogP contribution in [-0.4, -0.2) is 9.13 Å². The first-order valence-electron chi connectivity index (χ1n) is 22.2. The van der Waals surface area contributed by atoms with Gasteiger partial charge < -0.3 is 9.13 Å². The van der Waals surface area contributed by atoms with E-state index in [4.69, 9.17) is 0 Å². The van der Waals surface area contributed by atoms with Crippen LogP contribution in [0, 0.1) is 0 Å². The Bertz CT molecular complexity index is 4020. The zero-order chi connectivity index (χ0) is 41.9. The molecule has 11 aromatic carbocycles. The molecule has 296 valence electrons. The van der Waals surface area contributed by atoms with E-state index in [0.29, 0.717) is 0 Å². The minimum absolute atomic E-state index is 1.15. The van der Waals surface area contributed by atoms with E-state index in [1.54, 1.807) is 0 Å². The first kappa shape index (κ1) is 35.2. The summed E-state index contributed by atoms with van der Waals surface area (Å²) in [5.74, 6) is 0. The predicted octanol–water partition coefficient (Wildman–Crippen LogP) is 16.8. The lowest BCUT2D eigenvalue weighted by molar-refractivity contribution is 1.18. The van der Waals surface area contributed by atoms with E-state index in [-0.39, 0.29) is 0 Å². The molecule has 0 saturated heterocycles. The molecule has 13 aromatic rings. The molecule has 0 radical (unpaired) electrons. The van der Waals surface area contributed by atoms with Crippen LogP contribution in [0.3, 0.4) is 0 Å². The zero-order valence-corrected chi connectivity index (χ0v) is 34.8. The number of rotatable bonds is 5. The van der Waals surface area contributed by atoms with Crippen LogP contribution in [0.2, 0.25) is 0 Å². The fraction of sp³-hybridized carbons (Fsp3) is 0. The molecule has 2 heteroatoms. The first-order valence-corrected chi connectivity index (χ1v) is 22.2. The summed E-state index contributed by atoms with van der Waals surface area (Å²) in [6, 6.07) is 85.2. The molecule has 2 heterocycles. The summed E-state index contributed by atoms with van der Waals surface area (Å²) in [5, 5.41) is 10.2. The van der Waals surface area contributed by atoms with Crippen LogP contribution in [0.5, 0.6) is 0 Å². The van der Waals surface area contributed by atoms with Crippen molar-refractivity contribution in [2.24, 2.45) is 0 Å². The molecule has 1 aliphatic rings. The smallest absolute Gasteiger partial charge is 0.0619 e. The lowest BCUT2D eigenvalue weighted by Crippen LogP contribution is -1.94. The monoisotopic (exact) mass is 810 g/mol. The van der Waals surface area contributed by atoms with Gasteiger partial charge in [-0.3, -0.25) is 0 Å². The Morgan fingerprint density at radius 3 is 1.59 bits per heavy atom. The minimum Gasteiger partial charge on any atom is -0.309 e. The average Bonchev–Trinajstić information content (AvgIpc) is 4.01. The van der Waals surface area contributed by atoms with Gasteiger partial charge in [0.25, 0.3) is 0 Å². The Morgan fingerprint density at radius 1 is 0.234 bits per heavy atom. The Kier molecular flexibility index (Phi) is 7.43. The van der Waals surface area contributed by atoms with Crippen molar-refractivity contribution in [2.75, 3.05) is 0 Å². The van der Waals surface area contributed by atoms with Crippen LogP contribution in [0.25, 0.3) is 132 Å². The minimum atomic E-state index is 1.15. The average molecular weight is 811 g/mol. The molecular formula is C62H38N2. The van der Waals surface area contributed by atoms with Gasteiger partial charge in [0.1, 0.15) is 0 Å². The lowest BCUT2D eigenvalue weighted by atomic mass is 9.93. The highest BCUT2D eigenvalue weighted by atomic mass is 15.0. The number of nitrogens with zero attached hydrogens (tertiary/aromatic N) is 2. The van der Waals surface area contributed by atoms with Crippen LogP contribution in [0.15, 0.2) is 231 Å². The van der Waals surface area contributed by atoms with Gasteiger partial charge in [-0.1, -0.05) is 176 Å². The van der Waals surface area contributed by atoms with Crippen LogP contribution in [-0.2, 0) is 0 Å². The predicted molar refractivity (Wildman–Crippen MR) is 271 cm³/mol. The van der Waals surface area contributed by atoms with Gasteiger partial charge in [0, 0.05) is 38.3 Å². The Labute approximate surface area is 370 Å². The highest BCUT2D eigenvalue weighted by Crippen LogP contribution is 2.49. The molecule has 14 rings (SSSR count). The topological polar surface area (TPSA) is 9.86 Å². The van der Waals surface area contributed by atoms with Crippen molar-refractivity contribution < 1.29 is 0 Å². The summed E-state index contributed by atoms with van der Waals surface area (Å²) in [4.78, 5) is 0. The molecule has 0 fully saturated rings. The molecule has 0 amide bonds. The lowest BCUT2D eigenvalue weighted by Gasteiger charge is -2.12. The van der Waals surface area contributed by atoms with Crippen molar-refractivity contribution >= 4 is 65.2 Å². The number of para-hydroxylation sites is 2. The standard InChI is InChI=1S/C62H38N2/c1-2-14-45(15-3-1)64-60-35-30-44(38-57(60)55-31-28-40-12-4-5-17-48(40)62(55)64)43-29-34-59-56(37-43)51-20-8-9-23-58(51)63(59)46-16-10-13-42(36-46)39-24-26-41(27-25-39)47-32-33-54-50-19-7-6-18-49(50)53-22-11-21-52(47)61(53)54/h1-38H. The van der Waals surface area contributed by atoms with Crippen LogP contribution in [0.4, 0.5) is 0 Å². The number of benzene rings is 11. The van der Waals surface area contributed by atoms with E-state index in [1.807, 2.05) is 0 Å². The number of hydrogen-bond donors (Lipinski definition) is 0. The Balaban J connectivity index is 0.854. The van der Waals surface area contributed by atoms with Gasteiger partial charge in [-0.15, -0.1) is 0 Å². The summed E-state index contributed by atoms with van der Waals surface area (Å²) in [5.41, 5.74) is 19.8. The molecule has 0 N–H and O–H groups in total. The summed E-state index contributed by atoms with van der Waals surface area (Å²) in [7, 11) is 0. The molecule has 0 saturated carbocycles. The van der Waals surface area contributed by atoms with Crippen LogP contribution < -0.4 is 0 Å². The quantitative estimate of drug-likeness (QED) is 0.164. The van der Waals surface area contributed by atoms with E-state index in [9.17, 15) is 0 Å². The second-order valence-electron chi connectivity index (χ2n) is 17.2. The van der Waals surface area contributed by atoms with Gasteiger partial charge in [0.05, 0.1) is 22.1 Å². The van der Waals surface area contributed by atoms with Crippen molar-refractivity contribution in [3.05, 3.63) is 231 Å². The van der Waals surface area contributed by atoms with E-state index in [0.717, 1.165) is 5.69 Å². The largest absolute Gasteiger partial charge is 0.309 e. The maximum absolute atomic E-state index is 2.43. The molecule has 0 bridgehead atoms. The maximum Gasteiger partial charge on any atom is 0.0619 e. The third kappa shape index (κ3) is 5.08. The van der Waals surface area contributed by atoms with E-state index in [2.05, 4.69) is 240 Å². The molecule has 0 aliphatic heterocycles. The van der Waals surface area contributed by atoms with Gasteiger partial charge in [-0.25, -0.2) is 0 Å². The van der Waals surface area contributed by atoms with E-state index < -0.39 is 0 Å². The molecule has 0 atom stereocenters. The molecule has 2 nitrogen and oxygen atoms in total. The Hall–Kier alpha value is -8.46. The fourth-order valence-corrected chi connectivity index (χ4v) is 11.0. The molecule has 2 aromatic heterocycles. The zero-order valence-electron chi connectivity index (χ0n) is 34.8. The molecule has 0 unspecified atom stereocenters. The SMILES string of the molecule is c1ccc(-n2c3ccc(-c4ccc5c(c4)c4ccccc4n5-c4cccc(-c5ccc(-c6ccc7c8c(cccc68)-c6ccccc6-7)cc5)c4)cc3c3ccc4ccccc4c32)cc1. The summed E-state index contributed by atoms with van der Waals surface area (Å²) < 4.78 is 4.86. The van der Waals surface area contributed by atoms with Gasteiger partial charge in [-0.05, 0) is 126 Å². The second kappa shape index (κ2) is 13.5. The van der Waals surface area contributed by atoms with Crippen molar-refractivity contribution in [1.82, 2.24) is 9.13 Å². The normalized spacial score (nSPS) is 12.1. The maximum atomic E-state index is 2.43. The van der Waals surface area contributed by atoms with Gasteiger partial charge >= 0.3 is 0 Å². The van der Waals surface area contributed by atoms with E-state index >= 15 is 0 Å². The van der Waals surface area contributed by atoms with E-state index in [1.165, 1.54) is 126 Å². The highest BCUT2D eigenvalue weighted by Gasteiger charge is 2.23. The molecule has 1 aliphatic carbocycles. The number of fused-ring (bicyclic) bond motifs is 11. The van der Waals surface area contributed by atoms with Crippen molar-refractivity contribution in [2.45, 2.75) is 0 Å². The van der Waals surface area contributed by atoms with Gasteiger partial charge in [0.15, 0.2) is 0 Å². The van der Waals surface area contributed by atoms with Crippen LogP contribution in [0.1, 0.15) is 0 Å². The first-order chi connectivity index (χ1) is 31.7. The highest BCUT2D eigenvalue weighted by molar-refractivity contribution is 6.20. The van der Waals surface area contributed by atoms with Crippen molar-refractivity contribution in [3.8, 4) is 67.0 Å². The van der Waals surface area contributed by atoms with Crippen molar-refractivity contribution in [3.63, 3.8) is 0 Å². The molecule has 0 spiro atoms. The second-order valence-corrected chi connectivity index (χ2v) is 17.2. The summed E-state index contributed by atoms with van der Waals surface area (Å²) in [6.07, 6.45) is 0. The molecular weight excluding hydrogens is 773 g/mol. The van der Waals surface area contributed by atoms with Gasteiger partial charge in [0.2, 0.25) is 0 Å². The summed E-state index contributed by atoms with van der Waals surface area (Å²) >= 11 is 0. The van der Waals surface area contributed by atoms with Gasteiger partial charge in [-0.2, -0.15) is 0 Å².